The average molecular weight is 1980 g/mol. The number of aromatic nitrogens is 3. The zero-order valence-electron chi connectivity index (χ0n) is 78.7. The second-order valence-electron chi connectivity index (χ2n) is 40.8. The summed E-state index contributed by atoms with van der Waals surface area (Å²) in [6.45, 7) is 23.3. The molecule has 6 amide bonds. The Morgan fingerprint density at radius 1 is 0.440 bits per heavy atom. The first-order valence-corrected chi connectivity index (χ1v) is 45.9. The van der Waals surface area contributed by atoms with E-state index in [0.717, 1.165) is 12.8 Å². The standard InChI is InChI=1S/C35H44F2N3O6.C32H40F2N3O6.C31H38F2N3O6.3V/c1-6-22-26(18-41)40-17-29(22)45-28-16-20-13-21(44-5)10-11-25(20)38-30(28)35(36,37)12-8-7-9-23-24-14-19(24)15-27(23)46-33(43)39-31(32(40)42)34(2,3)4;1-18-23(17-38)37-16-25(18)42-24-14-19-13-21(41-6)10-11-22(19)35-26(24)32(33,34)12-8-7-9-20-15-31(20,5)43-29(40)36-27(28(37)39)30(2,3)4;1-17-22(16-37)36-15-25(17)41-24-14-19-12-20(40-5)9-10-21(19)34-26(24)31(32,33)11-7-6-8-18-13-23(18)42-29(39)35-27(28(36)38)30(2,3)4;;;/h10-11,13,16,19,22-24,26-27,29,31H,6-9,12,14-15,17H2,1-5H3,(H,39,43);10-11,13-14,18,20,23,25,27H,7-9,12,15-16H2,1-6H3,(H,36,40);9-10,12,14,17-18,22-23,25,27H,6-8,11,13,15H2,1-5H3,(H,35,39);;;/q3*-1;;;/t19?,22-,23+,24?,26+,27+,29-,31+;18-,20+,23+,25-,27+,31+;17-,18+,22+,23+,25-,27+;;;/m000.../s1. The van der Waals surface area contributed by atoms with Crippen molar-refractivity contribution in [3.63, 3.8) is 0 Å². The normalized spacial score (nSPS) is 30.9. The Bertz CT molecular complexity index is 5300. The molecule has 3 aromatic carbocycles. The van der Waals surface area contributed by atoms with E-state index in [2.05, 4.69) is 30.9 Å². The van der Waals surface area contributed by atoms with Crippen molar-refractivity contribution < 1.29 is 168 Å². The fourth-order valence-corrected chi connectivity index (χ4v) is 20.1. The number of nitrogens with zero attached hydrogens (tertiary/aromatic N) is 6. The average Bonchev–Trinajstić information content (AvgIpc) is 1.66. The number of methoxy groups -OCH3 is 3. The second-order valence-corrected chi connectivity index (χ2v) is 40.8. The number of ether oxygens (including phenoxy) is 9. The van der Waals surface area contributed by atoms with Crippen molar-refractivity contribution in [2.45, 2.75) is 289 Å². The topological polar surface area (TPSA) is 321 Å². The first-order chi connectivity index (χ1) is 61.8. The predicted octanol–water partition coefficient (Wildman–Crippen LogP) is 16.8. The zero-order valence-corrected chi connectivity index (χ0v) is 82.9. The van der Waals surface area contributed by atoms with Crippen molar-refractivity contribution in [3.05, 3.63) is 89.9 Å². The van der Waals surface area contributed by atoms with E-state index in [0.29, 0.717) is 120 Å². The molecule has 3 radical (unpaired) electrons. The molecule has 7 fully saturated rings. The summed E-state index contributed by atoms with van der Waals surface area (Å²) in [5, 5.41) is 9.97. The molecular formula is C98H122F6N9O18V3-3. The van der Waals surface area contributed by atoms with Crippen LogP contribution in [0.25, 0.3) is 32.7 Å². The Hall–Kier alpha value is -8.75. The number of amides is 6. The Morgan fingerprint density at radius 2 is 0.799 bits per heavy atom. The molecule has 4 aliphatic carbocycles. The second kappa shape index (κ2) is 41.9. The zero-order chi connectivity index (χ0) is 94.7. The van der Waals surface area contributed by atoms with Gasteiger partial charge in [-0.15, -0.1) is 0 Å². The molecule has 6 aliphatic heterocycles. The third kappa shape index (κ3) is 23.1. The van der Waals surface area contributed by atoms with Crippen LogP contribution in [0.1, 0.15) is 216 Å². The van der Waals surface area contributed by atoms with Gasteiger partial charge >= 0.3 is 18.3 Å². The van der Waals surface area contributed by atoms with Crippen molar-refractivity contribution in [2.24, 2.45) is 63.6 Å². The van der Waals surface area contributed by atoms with Gasteiger partial charge in [-0.25, -0.2) is 48.2 Å². The number of carbonyl (C=O) groups is 6. The number of hydrogen-bond acceptors (Lipinski definition) is 21. The van der Waals surface area contributed by atoms with Crippen molar-refractivity contribution in [2.75, 3.05) is 41.0 Å². The minimum atomic E-state index is -3.30. The fourth-order valence-electron chi connectivity index (χ4n) is 20.1. The summed E-state index contributed by atoms with van der Waals surface area (Å²) in [6.07, 6.45) is 7.27. The van der Waals surface area contributed by atoms with E-state index in [9.17, 15) is 43.2 Å². The van der Waals surface area contributed by atoms with Crippen LogP contribution in [0, 0.1) is 63.6 Å². The SMILES string of the molecule is CC[C@@H]1[C@@H]2CN(C(=O)[C@H](C(C)(C)C)NC(=O)O[C@@H]3CC4CC4[C@H]3CCCCC(F)(F)c3nc4ccc(OC)cc4cc3O2)[C@@H]1[C-]=O.COc1ccc2nc3c(cc2c1)O[C@H]1CN(C(=O)[C@H](C(C)(C)C)NC(=O)O[C@@H]2C[C@H]2CCCCC3(F)F)[C@H]([C-]=O)[C@@H]1C.COc1ccc2nc3c(cc2c1)O[C@H]1CN(C(=O)[C@H](C(C)(C)C)NC(=O)O[C@]2(C)C[C@H]2CCCCC3(F)F)[C@H]([C-]=O)[C@@H]1C.[V].[V].[V]. The molecule has 20 atom stereocenters. The molecule has 9 heterocycles. The summed E-state index contributed by atoms with van der Waals surface area (Å²) in [7, 11) is 4.55. The minimum absolute atomic E-state index is 0. The molecule has 3 aromatic heterocycles. The third-order valence-electron chi connectivity index (χ3n) is 28.3. The number of nitrogens with one attached hydrogen (secondary N) is 3. The quantitative estimate of drug-likeness (QED) is 0.0759. The molecule has 36 heteroatoms. The maximum absolute atomic E-state index is 16.1. The number of pyridine rings is 3. The van der Waals surface area contributed by atoms with Gasteiger partial charge in [0.25, 0.3) is 17.8 Å². The van der Waals surface area contributed by atoms with Crippen LogP contribution in [-0.4, -0.2) is 198 Å². The summed E-state index contributed by atoms with van der Waals surface area (Å²) in [5.74, 6) is -10.6. The number of hydrogen-bond donors (Lipinski definition) is 3. The third-order valence-corrected chi connectivity index (χ3v) is 28.3. The van der Waals surface area contributed by atoms with Crippen molar-refractivity contribution in [3.8, 4) is 34.5 Å². The van der Waals surface area contributed by atoms with Gasteiger partial charge in [0, 0.05) is 97.0 Å². The number of alkyl carbamates (subject to hydrolysis) is 3. The van der Waals surface area contributed by atoms with E-state index in [1.807, 2.05) is 53.5 Å². The van der Waals surface area contributed by atoms with Crippen LogP contribution in [0.4, 0.5) is 40.7 Å². The molecule has 6 bridgehead atoms. The van der Waals surface area contributed by atoms with E-state index in [1.54, 1.807) is 116 Å². The number of fused-ring (bicyclic) bond motifs is 17. The predicted molar refractivity (Wildman–Crippen MR) is 471 cm³/mol. The van der Waals surface area contributed by atoms with Gasteiger partial charge < -0.3 is 87.7 Å². The molecule has 727 valence electrons. The first-order valence-electron chi connectivity index (χ1n) is 45.9. The summed E-state index contributed by atoms with van der Waals surface area (Å²) in [4.78, 5) is 135. The maximum atomic E-state index is 16.1. The summed E-state index contributed by atoms with van der Waals surface area (Å²) in [5.41, 5.74) is -3.18. The molecule has 2 unspecified atom stereocenters. The van der Waals surface area contributed by atoms with Gasteiger partial charge in [-0.1, -0.05) is 127 Å². The Kier molecular flexibility index (Phi) is 33.1. The molecule has 134 heavy (non-hydrogen) atoms. The van der Waals surface area contributed by atoms with E-state index in [4.69, 9.17) is 42.6 Å². The Labute approximate surface area is 814 Å². The van der Waals surface area contributed by atoms with Crippen LogP contribution in [0.3, 0.4) is 0 Å². The number of carbonyl (C=O) groups excluding carboxylic acids is 9. The van der Waals surface area contributed by atoms with E-state index < -0.39 is 184 Å². The molecule has 3 N–H and O–H groups in total. The summed E-state index contributed by atoms with van der Waals surface area (Å²) < 4.78 is 148. The molecule has 16 rings (SSSR count). The van der Waals surface area contributed by atoms with Crippen LogP contribution in [0.2, 0.25) is 0 Å². The largest absolute Gasteiger partial charge is 0.540 e. The van der Waals surface area contributed by atoms with E-state index in [-0.39, 0.29) is 142 Å². The molecule has 3 saturated heterocycles. The van der Waals surface area contributed by atoms with Gasteiger partial charge in [-0.05, 0) is 202 Å². The number of rotatable bonds is 7. The number of halogens is 6. The molecule has 10 aliphatic rings. The minimum Gasteiger partial charge on any atom is -0.540 e. The Morgan fingerprint density at radius 3 is 1.19 bits per heavy atom. The summed E-state index contributed by atoms with van der Waals surface area (Å²) in [6, 6.07) is 13.6. The Balaban J connectivity index is 0.000000192. The van der Waals surface area contributed by atoms with Crippen LogP contribution in [0.15, 0.2) is 72.8 Å². The maximum Gasteiger partial charge on any atom is 0.408 e. The van der Waals surface area contributed by atoms with E-state index >= 15 is 26.3 Å². The van der Waals surface area contributed by atoms with Gasteiger partial charge in [0.15, 0.2) is 17.1 Å². The van der Waals surface area contributed by atoms with Crippen molar-refractivity contribution in [1.29, 1.82) is 0 Å². The molecule has 6 aromatic rings. The molecule has 4 saturated carbocycles. The van der Waals surface area contributed by atoms with Gasteiger partial charge in [0.2, 0.25) is 17.7 Å². The van der Waals surface area contributed by atoms with Crippen molar-refractivity contribution in [1.82, 2.24) is 45.6 Å². The van der Waals surface area contributed by atoms with Crippen molar-refractivity contribution >= 4 is 87.6 Å². The van der Waals surface area contributed by atoms with Gasteiger partial charge in [0.05, 0.1) is 57.5 Å². The first kappa shape index (κ1) is 106. The van der Waals surface area contributed by atoms with Gasteiger partial charge in [-0.3, -0.25) is 14.4 Å². The van der Waals surface area contributed by atoms with Crippen LogP contribution in [0.5, 0.6) is 34.5 Å². The molecule has 27 nitrogen and oxygen atoms in total. The monoisotopic (exact) mass is 1980 g/mol. The number of alkyl halides is 6. The smallest absolute Gasteiger partial charge is 0.408 e. The molecular weight excluding hydrogens is 1860 g/mol. The van der Waals surface area contributed by atoms with Crippen LogP contribution in [-0.2, 0) is 116 Å². The van der Waals surface area contributed by atoms with Gasteiger partial charge in [0.1, 0.15) is 88.7 Å². The van der Waals surface area contributed by atoms with E-state index in [1.165, 1.54) is 48.2 Å². The molecule has 0 spiro atoms. The van der Waals surface area contributed by atoms with Gasteiger partial charge in [-0.2, -0.15) is 26.3 Å². The van der Waals surface area contributed by atoms with Crippen LogP contribution < -0.4 is 44.4 Å². The fraction of sp³-hybridized carbons (Fsp3) is 0.633. The summed E-state index contributed by atoms with van der Waals surface area (Å²) >= 11 is 0. The van der Waals surface area contributed by atoms with Crippen LogP contribution >= 0.6 is 0 Å². The number of benzene rings is 3.